The van der Waals surface area contributed by atoms with Gasteiger partial charge in [0.1, 0.15) is 0 Å². The fraction of sp³-hybridized carbons (Fsp3) is 0.812. The van der Waals surface area contributed by atoms with Gasteiger partial charge in [0, 0.05) is 0 Å². The van der Waals surface area contributed by atoms with Crippen LogP contribution < -0.4 is 0 Å². The summed E-state index contributed by atoms with van der Waals surface area (Å²) in [6.07, 6.45) is 8.45. The van der Waals surface area contributed by atoms with Gasteiger partial charge >= 0.3 is 5.97 Å². The third kappa shape index (κ3) is 2.22. The Kier molecular flexibility index (Phi) is 3.84. The Morgan fingerprint density at radius 3 is 2.89 bits per heavy atom. The molecule has 2 rings (SSSR count). The molecule has 2 aliphatic rings. The summed E-state index contributed by atoms with van der Waals surface area (Å²) < 4.78 is 4.91. The molecule has 0 spiro atoms. The lowest BCUT2D eigenvalue weighted by Gasteiger charge is -2.48. The molecule has 2 heteroatoms. The predicted molar refractivity (Wildman–Crippen MR) is 73.1 cm³/mol. The van der Waals surface area contributed by atoms with Crippen molar-refractivity contribution in [3.8, 4) is 0 Å². The number of ether oxygens (including phenoxy) is 1. The molecule has 0 amide bonds. The van der Waals surface area contributed by atoms with Crippen molar-refractivity contribution in [3.63, 3.8) is 0 Å². The van der Waals surface area contributed by atoms with E-state index in [0.717, 1.165) is 18.8 Å². The second-order valence-electron chi connectivity index (χ2n) is 6.44. The summed E-state index contributed by atoms with van der Waals surface area (Å²) in [6, 6.07) is 0. The van der Waals surface area contributed by atoms with E-state index in [9.17, 15) is 4.79 Å². The zero-order valence-electron chi connectivity index (χ0n) is 12.2. The second-order valence-corrected chi connectivity index (χ2v) is 6.44. The average molecular weight is 250 g/mol. The molecule has 0 saturated heterocycles. The molecule has 0 aromatic carbocycles. The average Bonchev–Trinajstić information content (AvgIpc) is 2.37. The topological polar surface area (TPSA) is 26.3 Å². The molecule has 102 valence electrons. The summed E-state index contributed by atoms with van der Waals surface area (Å²) in [7, 11) is 1.50. The minimum Gasteiger partial charge on any atom is -0.469 e. The lowest BCUT2D eigenvalue weighted by atomic mass is 9.57. The third-order valence-corrected chi connectivity index (χ3v) is 5.56. The molecule has 4 atom stereocenters. The van der Waals surface area contributed by atoms with Crippen molar-refractivity contribution in [3.05, 3.63) is 11.6 Å². The van der Waals surface area contributed by atoms with E-state index < -0.39 is 0 Å². The van der Waals surface area contributed by atoms with Crippen LogP contribution in [-0.2, 0) is 9.53 Å². The standard InChI is InChI=1S/C16H26O2/c1-11-6-5-7-14-9-8-13(10-16(11,14)3)12(2)15(17)18-4/h7,11-13H,5-6,8-10H2,1-4H3/t11-,12?,13-,16+/m1/s1. The van der Waals surface area contributed by atoms with Gasteiger partial charge in [-0.1, -0.05) is 32.4 Å². The summed E-state index contributed by atoms with van der Waals surface area (Å²) >= 11 is 0. The van der Waals surface area contributed by atoms with Crippen molar-refractivity contribution in [1.29, 1.82) is 0 Å². The zero-order valence-corrected chi connectivity index (χ0v) is 12.2. The van der Waals surface area contributed by atoms with Gasteiger partial charge in [-0.2, -0.15) is 0 Å². The van der Waals surface area contributed by atoms with Gasteiger partial charge in [-0.3, -0.25) is 4.79 Å². The molecule has 0 N–H and O–H groups in total. The first-order chi connectivity index (χ1) is 8.49. The van der Waals surface area contributed by atoms with Gasteiger partial charge in [-0.05, 0) is 49.4 Å². The predicted octanol–water partition coefficient (Wildman–Crippen LogP) is 3.96. The molecule has 1 saturated carbocycles. The SMILES string of the molecule is COC(=O)C(C)[C@@H]1CCC2=CCC[C@@H](C)[C@]2(C)C1. The zero-order chi connectivity index (χ0) is 13.3. The van der Waals surface area contributed by atoms with Crippen LogP contribution in [0.2, 0.25) is 0 Å². The first-order valence-electron chi connectivity index (χ1n) is 7.26. The minimum atomic E-state index is -0.0421. The van der Waals surface area contributed by atoms with Crippen LogP contribution in [-0.4, -0.2) is 13.1 Å². The molecule has 1 fully saturated rings. The molecule has 2 nitrogen and oxygen atoms in total. The lowest BCUT2D eigenvalue weighted by molar-refractivity contribution is -0.147. The number of fused-ring (bicyclic) bond motifs is 1. The molecule has 1 unspecified atom stereocenters. The number of esters is 1. The van der Waals surface area contributed by atoms with E-state index in [-0.39, 0.29) is 11.9 Å². The molecule has 0 aromatic heterocycles. The van der Waals surface area contributed by atoms with Crippen molar-refractivity contribution >= 4 is 5.97 Å². The molecule has 18 heavy (non-hydrogen) atoms. The maximum absolute atomic E-state index is 11.7. The van der Waals surface area contributed by atoms with Crippen molar-refractivity contribution in [2.75, 3.05) is 7.11 Å². The number of allylic oxidation sites excluding steroid dienone is 2. The highest BCUT2D eigenvalue weighted by Crippen LogP contribution is 2.53. The number of carbonyl (C=O) groups excluding carboxylic acids is 1. The summed E-state index contributed by atoms with van der Waals surface area (Å²) in [5.74, 6) is 1.23. The van der Waals surface area contributed by atoms with Crippen molar-refractivity contribution in [2.24, 2.45) is 23.2 Å². The minimum absolute atomic E-state index is 0.0421. The Labute approximate surface area is 111 Å². The second kappa shape index (κ2) is 5.07. The fourth-order valence-corrected chi connectivity index (χ4v) is 3.89. The van der Waals surface area contributed by atoms with Crippen LogP contribution >= 0.6 is 0 Å². The normalized spacial score (nSPS) is 37.4. The lowest BCUT2D eigenvalue weighted by Crippen LogP contribution is -2.39. The molecule has 0 heterocycles. The Balaban J connectivity index is 2.14. The van der Waals surface area contributed by atoms with Crippen molar-refractivity contribution in [2.45, 2.75) is 52.9 Å². The highest BCUT2D eigenvalue weighted by atomic mass is 16.5. The van der Waals surface area contributed by atoms with E-state index >= 15 is 0 Å². The highest BCUT2D eigenvalue weighted by molar-refractivity contribution is 5.72. The van der Waals surface area contributed by atoms with E-state index in [2.05, 4.69) is 19.9 Å². The summed E-state index contributed by atoms with van der Waals surface area (Å²) in [4.78, 5) is 11.7. The molecular formula is C16H26O2. The number of hydrogen-bond acceptors (Lipinski definition) is 2. The van der Waals surface area contributed by atoms with Crippen LogP contribution in [0.3, 0.4) is 0 Å². The van der Waals surface area contributed by atoms with E-state index in [4.69, 9.17) is 4.74 Å². The number of carbonyl (C=O) groups is 1. The molecular weight excluding hydrogens is 224 g/mol. The number of hydrogen-bond donors (Lipinski definition) is 0. The number of methoxy groups -OCH3 is 1. The largest absolute Gasteiger partial charge is 0.469 e. The van der Waals surface area contributed by atoms with Gasteiger partial charge in [0.25, 0.3) is 0 Å². The molecule has 0 aromatic rings. The smallest absolute Gasteiger partial charge is 0.308 e. The Morgan fingerprint density at radius 2 is 2.22 bits per heavy atom. The van der Waals surface area contributed by atoms with Gasteiger partial charge in [0.15, 0.2) is 0 Å². The van der Waals surface area contributed by atoms with Gasteiger partial charge in [0.2, 0.25) is 0 Å². The third-order valence-electron chi connectivity index (χ3n) is 5.56. The Hall–Kier alpha value is -0.790. The Bertz CT molecular complexity index is 358. The molecule has 0 aliphatic heterocycles. The van der Waals surface area contributed by atoms with E-state index in [1.54, 1.807) is 5.57 Å². The Morgan fingerprint density at radius 1 is 1.50 bits per heavy atom. The first kappa shape index (κ1) is 13.6. The summed E-state index contributed by atoms with van der Waals surface area (Å²) in [5.41, 5.74) is 1.97. The monoisotopic (exact) mass is 250 g/mol. The quantitative estimate of drug-likeness (QED) is 0.548. The van der Waals surface area contributed by atoms with E-state index in [0.29, 0.717) is 11.3 Å². The van der Waals surface area contributed by atoms with Crippen LogP contribution in [0, 0.1) is 23.2 Å². The van der Waals surface area contributed by atoms with Crippen LogP contribution in [0.15, 0.2) is 11.6 Å². The molecule has 2 aliphatic carbocycles. The van der Waals surface area contributed by atoms with Crippen LogP contribution in [0.5, 0.6) is 0 Å². The maximum atomic E-state index is 11.7. The fourth-order valence-electron chi connectivity index (χ4n) is 3.89. The van der Waals surface area contributed by atoms with Crippen LogP contribution in [0.25, 0.3) is 0 Å². The van der Waals surface area contributed by atoms with Gasteiger partial charge < -0.3 is 4.74 Å². The molecule has 0 radical (unpaired) electrons. The van der Waals surface area contributed by atoms with E-state index in [1.165, 1.54) is 26.4 Å². The first-order valence-corrected chi connectivity index (χ1v) is 7.26. The van der Waals surface area contributed by atoms with Gasteiger partial charge in [0.05, 0.1) is 13.0 Å². The summed E-state index contributed by atoms with van der Waals surface area (Å²) in [5, 5.41) is 0. The van der Waals surface area contributed by atoms with Gasteiger partial charge in [-0.25, -0.2) is 0 Å². The van der Waals surface area contributed by atoms with Gasteiger partial charge in [-0.15, -0.1) is 0 Å². The van der Waals surface area contributed by atoms with Crippen molar-refractivity contribution in [1.82, 2.24) is 0 Å². The highest BCUT2D eigenvalue weighted by Gasteiger charge is 2.43. The van der Waals surface area contributed by atoms with Crippen LogP contribution in [0.4, 0.5) is 0 Å². The number of rotatable bonds is 2. The summed E-state index contributed by atoms with van der Waals surface area (Å²) in [6.45, 7) is 6.80. The molecule has 0 bridgehead atoms. The maximum Gasteiger partial charge on any atom is 0.308 e. The van der Waals surface area contributed by atoms with Crippen LogP contribution in [0.1, 0.15) is 52.9 Å². The van der Waals surface area contributed by atoms with E-state index in [1.807, 2.05) is 6.92 Å². The van der Waals surface area contributed by atoms with Crippen molar-refractivity contribution < 1.29 is 9.53 Å².